The zero-order valence-electron chi connectivity index (χ0n) is 11.4. The predicted octanol–water partition coefficient (Wildman–Crippen LogP) is 2.25. The molecule has 1 unspecified atom stereocenters. The Morgan fingerprint density at radius 2 is 1.78 bits per heavy atom. The molecule has 0 amide bonds. The molecule has 0 aromatic heterocycles. The lowest BCUT2D eigenvalue weighted by Crippen LogP contribution is -2.39. The molecule has 0 aromatic rings. The average molecular weight is 252 g/mol. The lowest BCUT2D eigenvalue weighted by molar-refractivity contribution is -0.168. The summed E-state index contributed by atoms with van der Waals surface area (Å²) in [7, 11) is 2.59. The highest BCUT2D eigenvalue weighted by Gasteiger charge is 2.54. The van der Waals surface area contributed by atoms with Gasteiger partial charge in [0.05, 0.1) is 14.2 Å². The van der Waals surface area contributed by atoms with Gasteiger partial charge in [0.1, 0.15) is 0 Å². The van der Waals surface area contributed by atoms with E-state index in [2.05, 4.69) is 0 Å². The van der Waals surface area contributed by atoms with Gasteiger partial charge in [-0.1, -0.05) is 23.8 Å². The van der Waals surface area contributed by atoms with Gasteiger partial charge in [-0.15, -0.1) is 0 Å². The summed E-state index contributed by atoms with van der Waals surface area (Å²) in [5, 5.41) is 0. The number of hydrogen-bond acceptors (Lipinski definition) is 4. The predicted molar refractivity (Wildman–Crippen MR) is 67.8 cm³/mol. The molecule has 0 heterocycles. The van der Waals surface area contributed by atoms with E-state index in [0.717, 1.165) is 5.57 Å². The van der Waals surface area contributed by atoms with Crippen molar-refractivity contribution < 1.29 is 19.1 Å². The molecular weight excluding hydrogens is 232 g/mol. The molecule has 0 radical (unpaired) electrons. The molecule has 18 heavy (non-hydrogen) atoms. The lowest BCUT2D eigenvalue weighted by atomic mass is 9.85. The van der Waals surface area contributed by atoms with E-state index in [4.69, 9.17) is 9.47 Å². The van der Waals surface area contributed by atoms with Crippen LogP contribution < -0.4 is 0 Å². The molecule has 1 saturated carbocycles. The van der Waals surface area contributed by atoms with Crippen molar-refractivity contribution >= 4 is 11.9 Å². The number of methoxy groups -OCH3 is 2. The average Bonchev–Trinajstić information content (AvgIpc) is 2.77. The van der Waals surface area contributed by atoms with Crippen LogP contribution in [-0.4, -0.2) is 26.2 Å². The van der Waals surface area contributed by atoms with Crippen molar-refractivity contribution in [3.05, 3.63) is 23.8 Å². The highest BCUT2D eigenvalue weighted by Crippen LogP contribution is 2.47. The molecule has 1 rings (SSSR count). The van der Waals surface area contributed by atoms with Crippen LogP contribution in [0.15, 0.2) is 23.8 Å². The van der Waals surface area contributed by atoms with E-state index in [1.165, 1.54) is 14.2 Å². The van der Waals surface area contributed by atoms with Gasteiger partial charge in [0, 0.05) is 0 Å². The molecule has 0 N–H and O–H groups in total. The Bertz CT molecular complexity index is 377. The van der Waals surface area contributed by atoms with Crippen LogP contribution in [0.5, 0.6) is 0 Å². The first kappa shape index (κ1) is 14.5. The number of esters is 2. The van der Waals surface area contributed by atoms with E-state index < -0.39 is 17.4 Å². The molecule has 1 atom stereocenters. The van der Waals surface area contributed by atoms with Gasteiger partial charge in [-0.3, -0.25) is 9.59 Å². The molecule has 0 aliphatic heterocycles. The number of carbonyl (C=O) groups is 2. The first-order valence-corrected chi connectivity index (χ1v) is 6.00. The maximum atomic E-state index is 12.0. The molecule has 100 valence electrons. The smallest absolute Gasteiger partial charge is 0.323 e. The van der Waals surface area contributed by atoms with Gasteiger partial charge in [0.15, 0.2) is 5.41 Å². The van der Waals surface area contributed by atoms with Crippen molar-refractivity contribution in [3.8, 4) is 0 Å². The van der Waals surface area contributed by atoms with E-state index in [-0.39, 0.29) is 5.92 Å². The van der Waals surface area contributed by atoms with E-state index in [1.54, 1.807) is 0 Å². The summed E-state index contributed by atoms with van der Waals surface area (Å²) >= 11 is 0. The second-order valence-corrected chi connectivity index (χ2v) is 4.44. The lowest BCUT2D eigenvalue weighted by Gasteiger charge is -2.22. The third kappa shape index (κ3) is 2.33. The van der Waals surface area contributed by atoms with Gasteiger partial charge in [-0.25, -0.2) is 0 Å². The highest BCUT2D eigenvalue weighted by molar-refractivity contribution is 6.01. The number of hydrogen-bond donors (Lipinski definition) is 0. The Hall–Kier alpha value is -1.58. The summed E-state index contributed by atoms with van der Waals surface area (Å²) < 4.78 is 9.58. The zero-order valence-corrected chi connectivity index (χ0v) is 11.4. The number of ether oxygens (including phenoxy) is 2. The summed E-state index contributed by atoms with van der Waals surface area (Å²) in [5.74, 6) is -0.931. The number of allylic oxidation sites excluding steroid dienone is 4. The van der Waals surface area contributed by atoms with Crippen LogP contribution in [0.25, 0.3) is 0 Å². The maximum absolute atomic E-state index is 12.0. The Morgan fingerprint density at radius 1 is 1.22 bits per heavy atom. The highest BCUT2D eigenvalue weighted by atomic mass is 16.5. The quantitative estimate of drug-likeness (QED) is 0.439. The van der Waals surface area contributed by atoms with Gasteiger partial charge < -0.3 is 9.47 Å². The number of carbonyl (C=O) groups excluding carboxylic acids is 2. The van der Waals surface area contributed by atoms with E-state index in [0.29, 0.717) is 12.8 Å². The van der Waals surface area contributed by atoms with Gasteiger partial charge in [0.25, 0.3) is 0 Å². The fourth-order valence-electron chi connectivity index (χ4n) is 2.58. The first-order chi connectivity index (χ1) is 8.55. The fraction of sp³-hybridized carbons (Fsp3) is 0.571. The summed E-state index contributed by atoms with van der Waals surface area (Å²) in [5.41, 5.74) is -0.112. The zero-order chi connectivity index (χ0) is 13.8. The van der Waals surface area contributed by atoms with E-state index >= 15 is 0 Å². The van der Waals surface area contributed by atoms with Crippen LogP contribution in [-0.2, 0) is 19.1 Å². The third-order valence-corrected chi connectivity index (χ3v) is 3.50. The van der Waals surface area contributed by atoms with Crippen LogP contribution in [0.2, 0.25) is 0 Å². The monoisotopic (exact) mass is 252 g/mol. The first-order valence-electron chi connectivity index (χ1n) is 6.00. The normalized spacial score (nSPS) is 24.4. The second kappa shape index (κ2) is 5.85. The van der Waals surface area contributed by atoms with Crippen LogP contribution in [0.4, 0.5) is 0 Å². The standard InChI is InChI=1S/C14H20O4/c1-5-7-11-9-14(12(15)17-3,13(16)18-4)8-10(11)6-2/h5-7,11H,8-9H2,1-4H3/b7-5+,10-6-. The summed E-state index contributed by atoms with van der Waals surface area (Å²) in [6.45, 7) is 3.83. The molecular formula is C14H20O4. The minimum atomic E-state index is -1.18. The van der Waals surface area contributed by atoms with E-state index in [1.807, 2.05) is 32.1 Å². The van der Waals surface area contributed by atoms with Crippen LogP contribution in [0.3, 0.4) is 0 Å². The van der Waals surface area contributed by atoms with Crippen molar-refractivity contribution in [2.75, 3.05) is 14.2 Å². The third-order valence-electron chi connectivity index (χ3n) is 3.50. The maximum Gasteiger partial charge on any atom is 0.323 e. The SMILES string of the molecule is C/C=C1/CC(C(=O)OC)(C(=O)OC)CC1/C=C/C. The molecule has 0 bridgehead atoms. The van der Waals surface area contributed by atoms with Crippen molar-refractivity contribution in [3.63, 3.8) is 0 Å². The summed E-state index contributed by atoms with van der Waals surface area (Å²) in [6.07, 6.45) is 6.67. The van der Waals surface area contributed by atoms with Crippen molar-refractivity contribution in [1.29, 1.82) is 0 Å². The van der Waals surface area contributed by atoms with Crippen molar-refractivity contribution in [2.45, 2.75) is 26.7 Å². The minimum Gasteiger partial charge on any atom is -0.468 e. The largest absolute Gasteiger partial charge is 0.468 e. The molecule has 1 aliphatic rings. The molecule has 1 aliphatic carbocycles. The van der Waals surface area contributed by atoms with Crippen molar-refractivity contribution in [2.24, 2.45) is 11.3 Å². The Kier molecular flexibility index (Phi) is 4.70. The topological polar surface area (TPSA) is 52.6 Å². The second-order valence-electron chi connectivity index (χ2n) is 4.44. The summed E-state index contributed by atoms with van der Waals surface area (Å²) in [4.78, 5) is 23.9. The molecule has 1 fully saturated rings. The molecule has 4 heteroatoms. The van der Waals surface area contributed by atoms with Crippen LogP contribution in [0.1, 0.15) is 26.7 Å². The summed E-state index contributed by atoms with van der Waals surface area (Å²) in [6, 6.07) is 0. The number of rotatable bonds is 3. The van der Waals surface area contributed by atoms with E-state index in [9.17, 15) is 9.59 Å². The Morgan fingerprint density at radius 3 is 2.17 bits per heavy atom. The van der Waals surface area contributed by atoms with Gasteiger partial charge in [-0.2, -0.15) is 0 Å². The molecule has 0 aromatic carbocycles. The van der Waals surface area contributed by atoms with Gasteiger partial charge in [0.2, 0.25) is 0 Å². The molecule has 4 nitrogen and oxygen atoms in total. The van der Waals surface area contributed by atoms with Crippen LogP contribution in [0, 0.1) is 11.3 Å². The van der Waals surface area contributed by atoms with Crippen molar-refractivity contribution in [1.82, 2.24) is 0 Å². The molecule has 0 spiro atoms. The minimum absolute atomic E-state index is 0.0956. The van der Waals surface area contributed by atoms with Gasteiger partial charge >= 0.3 is 11.9 Å². The van der Waals surface area contributed by atoms with Crippen LogP contribution >= 0.6 is 0 Å². The Balaban J connectivity index is 3.16. The molecule has 0 saturated heterocycles. The Labute approximate surface area is 108 Å². The fourth-order valence-corrected chi connectivity index (χ4v) is 2.58. The van der Waals surface area contributed by atoms with Gasteiger partial charge in [-0.05, 0) is 32.6 Å².